The van der Waals surface area contributed by atoms with Crippen LogP contribution in [0, 0.1) is 6.92 Å². The van der Waals surface area contributed by atoms with E-state index in [4.69, 9.17) is 5.73 Å². The minimum Gasteiger partial charge on any atom is -0.330 e. The van der Waals surface area contributed by atoms with Crippen LogP contribution in [0.4, 0.5) is 5.82 Å². The Hall–Kier alpha value is -1.72. The third-order valence-corrected chi connectivity index (χ3v) is 2.57. The minimum absolute atomic E-state index is 0. The van der Waals surface area contributed by atoms with Gasteiger partial charge in [0.1, 0.15) is 5.82 Å². The zero-order chi connectivity index (χ0) is 13.0. The Labute approximate surface area is 118 Å². The number of anilines is 1. The summed E-state index contributed by atoms with van der Waals surface area (Å²) in [4.78, 5) is 20.2. The van der Waals surface area contributed by atoms with Gasteiger partial charge in [0.2, 0.25) is 5.91 Å². The van der Waals surface area contributed by atoms with E-state index in [0.717, 1.165) is 11.1 Å². The summed E-state index contributed by atoms with van der Waals surface area (Å²) in [7, 11) is 0. The number of fused-ring (bicyclic) bond motifs is 1. The van der Waals surface area contributed by atoms with Crippen LogP contribution < -0.4 is 11.1 Å². The summed E-state index contributed by atoms with van der Waals surface area (Å²) in [5.74, 6) is 0.461. The standard InChI is InChI=1S/C13H16N4O.ClH/c1-9-4-5-10-6-7-11(17-13(10)15-9)16-12(18)3-2-8-14;/h4-7H,2-3,8,14H2,1H3,(H,15,16,17,18);1H. The fourth-order valence-electron chi connectivity index (χ4n) is 1.63. The van der Waals surface area contributed by atoms with Crippen molar-refractivity contribution in [2.75, 3.05) is 11.9 Å². The number of halogens is 1. The molecule has 0 unspecified atom stereocenters. The van der Waals surface area contributed by atoms with E-state index < -0.39 is 0 Å². The molecule has 0 aromatic carbocycles. The Morgan fingerprint density at radius 2 is 2.00 bits per heavy atom. The lowest BCUT2D eigenvalue weighted by molar-refractivity contribution is -0.116. The van der Waals surface area contributed by atoms with Crippen molar-refractivity contribution in [3.8, 4) is 0 Å². The average Bonchev–Trinajstić information content (AvgIpc) is 2.36. The zero-order valence-electron chi connectivity index (χ0n) is 10.7. The van der Waals surface area contributed by atoms with Crippen LogP contribution in [0.25, 0.3) is 11.0 Å². The first-order chi connectivity index (χ1) is 8.69. The second-order valence-corrected chi connectivity index (χ2v) is 4.14. The van der Waals surface area contributed by atoms with Crippen molar-refractivity contribution < 1.29 is 4.79 Å². The molecule has 1 amide bonds. The number of carbonyl (C=O) groups excluding carboxylic acids is 1. The van der Waals surface area contributed by atoms with Gasteiger partial charge in [0.05, 0.1) is 0 Å². The smallest absolute Gasteiger partial charge is 0.225 e. The van der Waals surface area contributed by atoms with Gasteiger partial charge in [-0.25, -0.2) is 9.97 Å². The van der Waals surface area contributed by atoms with Gasteiger partial charge in [0, 0.05) is 17.5 Å². The summed E-state index contributed by atoms with van der Waals surface area (Å²) in [5.41, 5.74) is 6.90. The molecule has 0 saturated carbocycles. The van der Waals surface area contributed by atoms with Crippen molar-refractivity contribution in [3.63, 3.8) is 0 Å². The van der Waals surface area contributed by atoms with Gasteiger partial charge in [-0.05, 0) is 44.2 Å². The average molecular weight is 281 g/mol. The molecule has 6 heteroatoms. The molecule has 0 atom stereocenters. The highest BCUT2D eigenvalue weighted by molar-refractivity contribution is 5.91. The molecule has 3 N–H and O–H groups in total. The number of nitrogens with zero attached hydrogens (tertiary/aromatic N) is 2. The molecular weight excluding hydrogens is 264 g/mol. The second kappa shape index (κ2) is 7.01. The maximum absolute atomic E-state index is 11.5. The normalized spacial score (nSPS) is 10.0. The second-order valence-electron chi connectivity index (χ2n) is 4.14. The molecule has 2 aromatic heterocycles. The first kappa shape index (κ1) is 15.3. The highest BCUT2D eigenvalue weighted by Gasteiger charge is 2.04. The van der Waals surface area contributed by atoms with E-state index in [-0.39, 0.29) is 18.3 Å². The topological polar surface area (TPSA) is 80.9 Å². The quantitative estimate of drug-likeness (QED) is 0.898. The third-order valence-electron chi connectivity index (χ3n) is 2.57. The Bertz CT molecular complexity index is 574. The molecule has 0 bridgehead atoms. The number of aromatic nitrogens is 2. The number of carbonyl (C=O) groups is 1. The Morgan fingerprint density at radius 1 is 1.26 bits per heavy atom. The lowest BCUT2D eigenvalue weighted by Crippen LogP contribution is -2.14. The van der Waals surface area contributed by atoms with E-state index in [1.165, 1.54) is 0 Å². The maximum Gasteiger partial charge on any atom is 0.225 e. The van der Waals surface area contributed by atoms with Gasteiger partial charge < -0.3 is 11.1 Å². The van der Waals surface area contributed by atoms with E-state index in [0.29, 0.717) is 30.9 Å². The van der Waals surface area contributed by atoms with Crippen LogP contribution in [0.1, 0.15) is 18.5 Å². The number of aryl methyl sites for hydroxylation is 1. The molecule has 2 heterocycles. The van der Waals surface area contributed by atoms with Crippen molar-refractivity contribution in [3.05, 3.63) is 30.0 Å². The van der Waals surface area contributed by atoms with Gasteiger partial charge in [0.15, 0.2) is 5.65 Å². The van der Waals surface area contributed by atoms with Crippen molar-refractivity contribution >= 4 is 35.2 Å². The first-order valence-electron chi connectivity index (χ1n) is 5.93. The summed E-state index contributed by atoms with van der Waals surface area (Å²) >= 11 is 0. The largest absolute Gasteiger partial charge is 0.330 e. The van der Waals surface area contributed by atoms with Crippen LogP contribution >= 0.6 is 12.4 Å². The van der Waals surface area contributed by atoms with Crippen LogP contribution in [0.15, 0.2) is 24.3 Å². The summed E-state index contributed by atoms with van der Waals surface area (Å²) in [6, 6.07) is 7.57. The molecule has 2 rings (SSSR count). The van der Waals surface area contributed by atoms with Gasteiger partial charge in [-0.1, -0.05) is 0 Å². The molecule has 0 saturated heterocycles. The van der Waals surface area contributed by atoms with Gasteiger partial charge in [-0.15, -0.1) is 12.4 Å². The number of nitrogens with one attached hydrogen (secondary N) is 1. The zero-order valence-corrected chi connectivity index (χ0v) is 11.5. The predicted molar refractivity (Wildman–Crippen MR) is 78.4 cm³/mol. The number of rotatable bonds is 4. The minimum atomic E-state index is -0.0695. The number of amides is 1. The number of hydrogen-bond donors (Lipinski definition) is 2. The highest BCUT2D eigenvalue weighted by Crippen LogP contribution is 2.14. The lowest BCUT2D eigenvalue weighted by Gasteiger charge is -2.05. The molecule has 102 valence electrons. The molecule has 0 fully saturated rings. The van der Waals surface area contributed by atoms with Crippen LogP contribution in [0.2, 0.25) is 0 Å². The summed E-state index contributed by atoms with van der Waals surface area (Å²) in [6.07, 6.45) is 1.09. The van der Waals surface area contributed by atoms with E-state index in [1.54, 1.807) is 6.07 Å². The summed E-state index contributed by atoms with van der Waals surface area (Å²) in [5, 5.41) is 3.70. The third kappa shape index (κ3) is 4.15. The number of nitrogens with two attached hydrogens (primary N) is 1. The van der Waals surface area contributed by atoms with Gasteiger partial charge in [-0.3, -0.25) is 4.79 Å². The van der Waals surface area contributed by atoms with Crippen LogP contribution in [-0.4, -0.2) is 22.4 Å². The molecule has 0 spiro atoms. The molecule has 0 aliphatic heterocycles. The molecular formula is C13H17ClN4O. The maximum atomic E-state index is 11.5. The first-order valence-corrected chi connectivity index (χ1v) is 5.93. The Morgan fingerprint density at radius 3 is 2.74 bits per heavy atom. The fraction of sp³-hybridized carbons (Fsp3) is 0.308. The van der Waals surface area contributed by atoms with Crippen LogP contribution in [0.3, 0.4) is 0 Å². The van der Waals surface area contributed by atoms with Crippen LogP contribution in [-0.2, 0) is 4.79 Å². The fourth-order valence-corrected chi connectivity index (χ4v) is 1.63. The summed E-state index contributed by atoms with van der Waals surface area (Å²) < 4.78 is 0. The molecule has 19 heavy (non-hydrogen) atoms. The van der Waals surface area contributed by atoms with Crippen molar-refractivity contribution in [1.29, 1.82) is 0 Å². The van der Waals surface area contributed by atoms with Crippen molar-refractivity contribution in [1.82, 2.24) is 9.97 Å². The molecule has 0 radical (unpaired) electrons. The summed E-state index contributed by atoms with van der Waals surface area (Å²) in [6.45, 7) is 2.42. The Balaban J connectivity index is 0.00000180. The van der Waals surface area contributed by atoms with E-state index in [9.17, 15) is 4.79 Å². The monoisotopic (exact) mass is 280 g/mol. The van der Waals surface area contributed by atoms with Gasteiger partial charge in [-0.2, -0.15) is 0 Å². The Kier molecular flexibility index (Phi) is 5.66. The highest BCUT2D eigenvalue weighted by atomic mass is 35.5. The molecule has 5 nitrogen and oxygen atoms in total. The van der Waals surface area contributed by atoms with E-state index in [1.807, 2.05) is 25.1 Å². The molecule has 0 aliphatic rings. The van der Waals surface area contributed by atoms with Crippen molar-refractivity contribution in [2.45, 2.75) is 19.8 Å². The van der Waals surface area contributed by atoms with Gasteiger partial charge in [0.25, 0.3) is 0 Å². The number of pyridine rings is 2. The SMILES string of the molecule is Cc1ccc2ccc(NC(=O)CCCN)nc2n1.Cl. The number of hydrogen-bond acceptors (Lipinski definition) is 4. The molecule has 2 aromatic rings. The van der Waals surface area contributed by atoms with Crippen LogP contribution in [0.5, 0.6) is 0 Å². The van der Waals surface area contributed by atoms with E-state index >= 15 is 0 Å². The predicted octanol–water partition coefficient (Wildman–Crippen LogP) is 2.04. The van der Waals surface area contributed by atoms with Gasteiger partial charge >= 0.3 is 0 Å². The molecule has 0 aliphatic carbocycles. The van der Waals surface area contributed by atoms with Crippen molar-refractivity contribution in [2.24, 2.45) is 5.73 Å². The van der Waals surface area contributed by atoms with E-state index in [2.05, 4.69) is 15.3 Å². The lowest BCUT2D eigenvalue weighted by atomic mass is 10.2.